The number of hydrogen-bond donors (Lipinski definition) is 1. The molecule has 1 atom stereocenters. The summed E-state index contributed by atoms with van der Waals surface area (Å²) in [5.74, 6) is -0.0686. The van der Waals surface area contributed by atoms with Crippen molar-refractivity contribution in [1.82, 2.24) is 14.9 Å². The maximum absolute atomic E-state index is 13.1. The molecule has 1 aromatic heterocycles. The first-order valence-corrected chi connectivity index (χ1v) is 10.2. The Morgan fingerprint density at radius 3 is 2.64 bits per heavy atom. The van der Waals surface area contributed by atoms with Crippen LogP contribution in [-0.4, -0.2) is 73.7 Å². The van der Waals surface area contributed by atoms with Crippen LogP contribution in [0.3, 0.4) is 0 Å². The summed E-state index contributed by atoms with van der Waals surface area (Å²) in [4.78, 5) is 25.3. The minimum absolute atomic E-state index is 0.0689. The monoisotopic (exact) mass is 459 g/mol. The fraction of sp³-hybridized carbons (Fsp3) is 0.348. The molecule has 2 N–H and O–H groups in total. The fourth-order valence-electron chi connectivity index (χ4n) is 3.88. The molecule has 0 spiro atoms. The molecule has 0 aliphatic carbocycles. The third-order valence-electron chi connectivity index (χ3n) is 5.61. The first-order valence-electron chi connectivity index (χ1n) is 14.1. The van der Waals surface area contributed by atoms with Crippen LogP contribution in [0.2, 0.25) is 2.82 Å². The summed E-state index contributed by atoms with van der Waals surface area (Å²) in [7, 11) is -5.85. The summed E-state index contributed by atoms with van der Waals surface area (Å²) in [5, 5.41) is 0.0689. The molecule has 0 radical (unpaired) electrons. The normalized spacial score (nSPS) is 21.9. The van der Waals surface area contributed by atoms with Gasteiger partial charge >= 0.3 is 0 Å². The van der Waals surface area contributed by atoms with Crippen molar-refractivity contribution in [2.24, 2.45) is 0 Å². The van der Waals surface area contributed by atoms with Gasteiger partial charge in [0, 0.05) is 37.6 Å². The smallest absolute Gasteiger partial charge is 0.267 e. The topological polar surface area (TPSA) is 112 Å². The van der Waals surface area contributed by atoms with Gasteiger partial charge in [0.05, 0.1) is 27.8 Å². The predicted molar refractivity (Wildman–Crippen MR) is 122 cm³/mol. The molecule has 2 aromatic carbocycles. The molecular weight excluding hydrogens is 426 g/mol. The van der Waals surface area contributed by atoms with Gasteiger partial charge in [-0.2, -0.15) is 4.98 Å². The number of hydrogen-bond acceptors (Lipinski definition) is 9. The molecule has 33 heavy (non-hydrogen) atoms. The number of para-hydroxylation sites is 2. The standard InChI is InChI=1S/C23H25N5O5/c1-30-18-11-14-15(12-19(18)31-2)25-23(26-21(14)24)28-9-7-27(8-10-28)22(29)20-13-32-16-5-3-4-6-17(16)33-20/h3-6,11-12,20H,7-10,13H2,1-2H3,(H2,24,25,26)/i1D3,2D3/hD2. The second-order valence-corrected chi connectivity index (χ2v) is 7.54. The highest BCUT2D eigenvalue weighted by Gasteiger charge is 2.33. The molecule has 172 valence electrons. The quantitative estimate of drug-likeness (QED) is 0.609. The molecule has 1 unspecified atom stereocenters. The van der Waals surface area contributed by atoms with Gasteiger partial charge in [-0.25, -0.2) is 4.98 Å². The highest BCUT2D eigenvalue weighted by Crippen LogP contribution is 2.34. The van der Waals surface area contributed by atoms with Crippen LogP contribution in [-0.2, 0) is 4.79 Å². The van der Waals surface area contributed by atoms with Crippen molar-refractivity contribution in [3.63, 3.8) is 0 Å². The number of fused-ring (bicyclic) bond motifs is 2. The molecule has 5 rings (SSSR count). The molecule has 2 aliphatic rings. The number of ether oxygens (including phenoxy) is 4. The number of carbonyl (C=O) groups is 1. The highest BCUT2D eigenvalue weighted by molar-refractivity contribution is 5.91. The fourth-order valence-corrected chi connectivity index (χ4v) is 3.88. The first-order chi connectivity index (χ1) is 19.3. The van der Waals surface area contributed by atoms with E-state index in [0.29, 0.717) is 37.7 Å². The van der Waals surface area contributed by atoms with E-state index >= 15 is 0 Å². The van der Waals surface area contributed by atoms with Gasteiger partial charge in [-0.3, -0.25) is 4.79 Å². The number of nitrogens with zero attached hydrogens (tertiary/aromatic N) is 4. The second-order valence-electron chi connectivity index (χ2n) is 7.54. The summed E-state index contributed by atoms with van der Waals surface area (Å²) in [5.41, 5.74) is 0.325. The van der Waals surface area contributed by atoms with Crippen LogP contribution in [0.5, 0.6) is 23.0 Å². The van der Waals surface area contributed by atoms with Gasteiger partial charge in [0.25, 0.3) is 5.91 Å². The number of piperazine rings is 1. The average molecular weight is 460 g/mol. The number of nitrogen functional groups attached to an aromatic ring is 1. The number of nitrogens with two attached hydrogens (primary N) is 1. The van der Waals surface area contributed by atoms with E-state index in [-0.39, 0.29) is 40.9 Å². The first kappa shape index (κ1) is 13.6. The highest BCUT2D eigenvalue weighted by atomic mass is 16.6. The predicted octanol–water partition coefficient (Wildman–Crippen LogP) is 1.72. The molecule has 3 heterocycles. The van der Waals surface area contributed by atoms with Crippen molar-refractivity contribution < 1.29 is 34.8 Å². The van der Waals surface area contributed by atoms with Crippen LogP contribution in [0.1, 0.15) is 8.22 Å². The zero-order chi connectivity index (χ0) is 29.5. The van der Waals surface area contributed by atoms with E-state index in [0.717, 1.165) is 6.07 Å². The van der Waals surface area contributed by atoms with E-state index in [4.69, 9.17) is 30.0 Å². The lowest BCUT2D eigenvalue weighted by molar-refractivity contribution is -0.141. The number of benzene rings is 2. The molecule has 1 amide bonds. The van der Waals surface area contributed by atoms with Gasteiger partial charge in [-0.15, -0.1) is 0 Å². The summed E-state index contributed by atoms with van der Waals surface area (Å²) in [6, 6.07) is 9.39. The molecule has 1 saturated heterocycles. The SMILES string of the molecule is [2H]N([2H])c1nc(N2CCN(C(=O)C3COc4ccccc4O3)CC2)nc2cc(OC([2H])([2H])[2H])c(OC([2H])([2H])[2H])cc12. The minimum atomic E-state index is -2.93. The summed E-state index contributed by atoms with van der Waals surface area (Å²) < 4.78 is 81.6. The second kappa shape index (κ2) is 8.53. The number of methoxy groups -OCH3 is 2. The van der Waals surface area contributed by atoms with Crippen LogP contribution in [0.25, 0.3) is 10.9 Å². The zero-order valence-electron chi connectivity index (χ0n) is 25.4. The Morgan fingerprint density at radius 1 is 1.12 bits per heavy atom. The number of aromatic nitrogens is 2. The van der Waals surface area contributed by atoms with E-state index < -0.39 is 31.7 Å². The summed E-state index contributed by atoms with van der Waals surface area (Å²) in [6.45, 7) is 1.33. The van der Waals surface area contributed by atoms with Crippen molar-refractivity contribution in [3.8, 4) is 23.0 Å². The van der Waals surface area contributed by atoms with Crippen molar-refractivity contribution in [2.75, 3.05) is 57.5 Å². The van der Waals surface area contributed by atoms with E-state index in [1.807, 2.05) is 6.07 Å². The molecule has 0 bridgehead atoms. The average Bonchev–Trinajstić information content (AvgIpc) is 2.90. The molecule has 10 nitrogen and oxygen atoms in total. The third-order valence-corrected chi connectivity index (χ3v) is 5.61. The maximum Gasteiger partial charge on any atom is 0.267 e. The molecule has 3 aromatic rings. The Morgan fingerprint density at radius 2 is 1.88 bits per heavy atom. The number of carbonyl (C=O) groups excluding carboxylic acids is 1. The lowest BCUT2D eigenvalue weighted by Gasteiger charge is -2.37. The van der Waals surface area contributed by atoms with Gasteiger partial charge in [0.15, 0.2) is 25.8 Å². The Kier molecular flexibility index (Phi) is 3.51. The molecular formula is C23H25N5O5. The van der Waals surface area contributed by atoms with Crippen LogP contribution >= 0.6 is 0 Å². The van der Waals surface area contributed by atoms with Crippen molar-refractivity contribution >= 4 is 28.6 Å². The molecule has 1 fully saturated rings. The zero-order valence-corrected chi connectivity index (χ0v) is 17.4. The Balaban J connectivity index is 1.38. The van der Waals surface area contributed by atoms with Gasteiger partial charge < -0.3 is 34.5 Å². The summed E-state index contributed by atoms with van der Waals surface area (Å²) in [6.07, 6.45) is -0.789. The van der Waals surface area contributed by atoms with Crippen molar-refractivity contribution in [3.05, 3.63) is 36.4 Å². The van der Waals surface area contributed by atoms with Gasteiger partial charge in [0.2, 0.25) is 12.1 Å². The minimum Gasteiger partial charge on any atom is -0.493 e. The Labute approximate surface area is 202 Å². The molecule has 2 aliphatic heterocycles. The maximum atomic E-state index is 13.1. The van der Waals surface area contributed by atoms with Crippen LogP contribution < -0.4 is 29.6 Å². The van der Waals surface area contributed by atoms with Crippen LogP contribution in [0.4, 0.5) is 11.8 Å². The van der Waals surface area contributed by atoms with Gasteiger partial charge in [-0.05, 0) is 18.2 Å². The van der Waals surface area contributed by atoms with Crippen LogP contribution in [0.15, 0.2) is 36.4 Å². The van der Waals surface area contributed by atoms with Gasteiger partial charge in [0.1, 0.15) is 12.4 Å². The van der Waals surface area contributed by atoms with Crippen molar-refractivity contribution in [2.45, 2.75) is 6.10 Å². The lowest BCUT2D eigenvalue weighted by atomic mass is 10.2. The number of anilines is 2. The van der Waals surface area contributed by atoms with Gasteiger partial charge in [-0.1, -0.05) is 12.1 Å². The van der Waals surface area contributed by atoms with E-state index in [1.165, 1.54) is 6.07 Å². The summed E-state index contributed by atoms with van der Waals surface area (Å²) >= 11 is 0. The third kappa shape index (κ3) is 3.88. The van der Waals surface area contributed by atoms with E-state index in [9.17, 15) is 4.79 Å². The molecule has 0 saturated carbocycles. The Bertz CT molecular complexity index is 1450. The largest absolute Gasteiger partial charge is 0.493 e. The lowest BCUT2D eigenvalue weighted by Crippen LogP contribution is -2.54. The number of amides is 1. The van der Waals surface area contributed by atoms with Crippen LogP contribution in [0, 0.1) is 0 Å². The number of rotatable bonds is 5. The van der Waals surface area contributed by atoms with E-state index in [1.54, 1.807) is 28.0 Å². The van der Waals surface area contributed by atoms with E-state index in [2.05, 4.69) is 9.97 Å². The van der Waals surface area contributed by atoms with Crippen molar-refractivity contribution in [1.29, 1.82) is 0 Å². The Hall–Kier alpha value is -3.95. The molecule has 10 heteroatoms.